The second-order valence-electron chi connectivity index (χ2n) is 6.30. The van der Waals surface area contributed by atoms with Gasteiger partial charge in [0.1, 0.15) is 0 Å². The van der Waals surface area contributed by atoms with Crippen LogP contribution in [0.1, 0.15) is 30.5 Å². The SMILES string of the molecule is CC1(C)CN(Cc2ccncc2)Cc2cc(N)ccc21. The fourth-order valence-electron chi connectivity index (χ4n) is 3.20. The van der Waals surface area contributed by atoms with E-state index >= 15 is 0 Å². The average molecular weight is 267 g/mol. The number of nitrogen functional groups attached to an aromatic ring is 1. The Morgan fingerprint density at radius 2 is 1.95 bits per heavy atom. The third-order valence-electron chi connectivity index (χ3n) is 4.03. The second-order valence-corrected chi connectivity index (χ2v) is 6.30. The zero-order valence-corrected chi connectivity index (χ0v) is 12.1. The highest BCUT2D eigenvalue weighted by molar-refractivity contribution is 5.48. The molecule has 104 valence electrons. The molecule has 0 atom stereocenters. The van der Waals surface area contributed by atoms with Crippen molar-refractivity contribution in [3.05, 3.63) is 59.4 Å². The lowest BCUT2D eigenvalue weighted by molar-refractivity contribution is 0.186. The third-order valence-corrected chi connectivity index (χ3v) is 4.03. The molecule has 1 aromatic carbocycles. The smallest absolute Gasteiger partial charge is 0.0317 e. The summed E-state index contributed by atoms with van der Waals surface area (Å²) < 4.78 is 0. The van der Waals surface area contributed by atoms with E-state index in [2.05, 4.69) is 48.0 Å². The van der Waals surface area contributed by atoms with Crippen LogP contribution in [0.15, 0.2) is 42.7 Å². The molecule has 0 saturated carbocycles. The Hall–Kier alpha value is -1.87. The third kappa shape index (κ3) is 2.54. The lowest BCUT2D eigenvalue weighted by atomic mass is 9.78. The van der Waals surface area contributed by atoms with Crippen molar-refractivity contribution in [3.8, 4) is 0 Å². The minimum absolute atomic E-state index is 0.161. The van der Waals surface area contributed by atoms with Gasteiger partial charge in [0, 0.05) is 43.1 Å². The summed E-state index contributed by atoms with van der Waals surface area (Å²) >= 11 is 0. The average Bonchev–Trinajstić information content (AvgIpc) is 2.38. The quantitative estimate of drug-likeness (QED) is 0.851. The van der Waals surface area contributed by atoms with Gasteiger partial charge in [-0.05, 0) is 41.0 Å². The lowest BCUT2D eigenvalue weighted by Crippen LogP contribution is -2.41. The van der Waals surface area contributed by atoms with E-state index < -0.39 is 0 Å². The number of hydrogen-bond donors (Lipinski definition) is 1. The predicted molar refractivity (Wildman–Crippen MR) is 82.2 cm³/mol. The van der Waals surface area contributed by atoms with E-state index in [4.69, 9.17) is 5.73 Å². The van der Waals surface area contributed by atoms with Gasteiger partial charge in [-0.2, -0.15) is 0 Å². The highest BCUT2D eigenvalue weighted by atomic mass is 15.1. The number of hydrogen-bond acceptors (Lipinski definition) is 3. The summed E-state index contributed by atoms with van der Waals surface area (Å²) in [4.78, 5) is 6.56. The van der Waals surface area contributed by atoms with Crippen LogP contribution in [0.5, 0.6) is 0 Å². The molecular weight excluding hydrogens is 246 g/mol. The Morgan fingerprint density at radius 1 is 1.20 bits per heavy atom. The van der Waals surface area contributed by atoms with Crippen molar-refractivity contribution in [2.75, 3.05) is 12.3 Å². The Labute approximate surface area is 120 Å². The minimum atomic E-state index is 0.161. The van der Waals surface area contributed by atoms with Gasteiger partial charge in [0.05, 0.1) is 0 Å². The molecule has 3 rings (SSSR count). The van der Waals surface area contributed by atoms with E-state index in [1.54, 1.807) is 0 Å². The monoisotopic (exact) mass is 267 g/mol. The molecular formula is C17H21N3. The first-order valence-electron chi connectivity index (χ1n) is 7.05. The number of nitrogens with two attached hydrogens (primary N) is 1. The van der Waals surface area contributed by atoms with Crippen LogP contribution in [-0.4, -0.2) is 16.4 Å². The van der Waals surface area contributed by atoms with Crippen LogP contribution in [-0.2, 0) is 18.5 Å². The number of aromatic nitrogens is 1. The molecule has 2 N–H and O–H groups in total. The Morgan fingerprint density at radius 3 is 2.70 bits per heavy atom. The molecule has 0 bridgehead atoms. The maximum Gasteiger partial charge on any atom is 0.0317 e. The van der Waals surface area contributed by atoms with E-state index in [0.717, 1.165) is 25.3 Å². The number of fused-ring (bicyclic) bond motifs is 1. The first-order chi connectivity index (χ1) is 9.54. The molecule has 20 heavy (non-hydrogen) atoms. The largest absolute Gasteiger partial charge is 0.399 e. The molecule has 2 aromatic rings. The van der Waals surface area contributed by atoms with Gasteiger partial charge in [0.2, 0.25) is 0 Å². The normalized spacial score (nSPS) is 17.7. The maximum atomic E-state index is 5.94. The summed E-state index contributed by atoms with van der Waals surface area (Å²) in [6, 6.07) is 10.5. The van der Waals surface area contributed by atoms with Gasteiger partial charge in [-0.1, -0.05) is 19.9 Å². The highest BCUT2D eigenvalue weighted by Crippen LogP contribution is 2.34. The van der Waals surface area contributed by atoms with Crippen molar-refractivity contribution in [3.63, 3.8) is 0 Å². The van der Waals surface area contributed by atoms with Crippen molar-refractivity contribution in [1.82, 2.24) is 9.88 Å². The van der Waals surface area contributed by atoms with E-state index in [9.17, 15) is 0 Å². The van der Waals surface area contributed by atoms with E-state index in [0.29, 0.717) is 0 Å². The standard InChI is InChI=1S/C17H21N3/c1-17(2)12-20(10-13-5-7-19-8-6-13)11-14-9-15(18)3-4-16(14)17/h3-9H,10-12,18H2,1-2H3. The summed E-state index contributed by atoms with van der Waals surface area (Å²) in [6.07, 6.45) is 3.71. The van der Waals surface area contributed by atoms with E-state index in [-0.39, 0.29) is 5.41 Å². The Bertz CT molecular complexity index is 605. The fraction of sp³-hybridized carbons (Fsp3) is 0.353. The van der Waals surface area contributed by atoms with Crippen LogP contribution < -0.4 is 5.73 Å². The van der Waals surface area contributed by atoms with E-state index in [1.807, 2.05) is 18.5 Å². The fourth-order valence-corrected chi connectivity index (χ4v) is 3.20. The maximum absolute atomic E-state index is 5.94. The number of nitrogens with zero attached hydrogens (tertiary/aromatic N) is 2. The molecule has 0 spiro atoms. The van der Waals surface area contributed by atoms with Crippen LogP contribution in [0, 0.1) is 0 Å². The van der Waals surface area contributed by atoms with Gasteiger partial charge in [-0.15, -0.1) is 0 Å². The van der Waals surface area contributed by atoms with Gasteiger partial charge < -0.3 is 5.73 Å². The first kappa shape index (κ1) is 13.1. The van der Waals surface area contributed by atoms with Gasteiger partial charge in [0.25, 0.3) is 0 Å². The number of anilines is 1. The molecule has 1 aliphatic heterocycles. The zero-order chi connectivity index (χ0) is 14.2. The molecule has 3 heteroatoms. The van der Waals surface area contributed by atoms with Gasteiger partial charge in [-0.25, -0.2) is 0 Å². The van der Waals surface area contributed by atoms with Gasteiger partial charge >= 0.3 is 0 Å². The van der Waals surface area contributed by atoms with Crippen molar-refractivity contribution in [1.29, 1.82) is 0 Å². The molecule has 0 fully saturated rings. The van der Waals surface area contributed by atoms with Gasteiger partial charge in [-0.3, -0.25) is 9.88 Å². The topological polar surface area (TPSA) is 42.2 Å². The molecule has 1 aliphatic rings. The van der Waals surface area contributed by atoms with Crippen molar-refractivity contribution >= 4 is 5.69 Å². The van der Waals surface area contributed by atoms with Crippen LogP contribution >= 0.6 is 0 Å². The van der Waals surface area contributed by atoms with E-state index in [1.165, 1.54) is 16.7 Å². The number of benzene rings is 1. The Balaban J connectivity index is 1.87. The number of rotatable bonds is 2. The minimum Gasteiger partial charge on any atom is -0.399 e. The summed E-state index contributed by atoms with van der Waals surface area (Å²) in [7, 11) is 0. The molecule has 0 unspecified atom stereocenters. The summed E-state index contributed by atoms with van der Waals surface area (Å²) in [5, 5.41) is 0. The summed E-state index contributed by atoms with van der Waals surface area (Å²) in [5.41, 5.74) is 11.0. The van der Waals surface area contributed by atoms with Crippen molar-refractivity contribution in [2.45, 2.75) is 32.4 Å². The second kappa shape index (κ2) is 4.91. The van der Waals surface area contributed by atoms with Crippen molar-refractivity contribution in [2.24, 2.45) is 0 Å². The zero-order valence-electron chi connectivity index (χ0n) is 12.1. The van der Waals surface area contributed by atoms with Crippen LogP contribution in [0.2, 0.25) is 0 Å². The summed E-state index contributed by atoms with van der Waals surface area (Å²) in [6.45, 7) is 7.60. The molecule has 0 radical (unpaired) electrons. The van der Waals surface area contributed by atoms with Gasteiger partial charge in [0.15, 0.2) is 0 Å². The molecule has 3 nitrogen and oxygen atoms in total. The molecule has 0 amide bonds. The Kier molecular flexibility index (Phi) is 3.22. The molecule has 0 saturated heterocycles. The van der Waals surface area contributed by atoms with Crippen LogP contribution in [0.25, 0.3) is 0 Å². The lowest BCUT2D eigenvalue weighted by Gasteiger charge is -2.40. The molecule has 0 aliphatic carbocycles. The molecule has 2 heterocycles. The summed E-state index contributed by atoms with van der Waals surface area (Å²) in [5.74, 6) is 0. The molecule has 1 aromatic heterocycles. The van der Waals surface area contributed by atoms with Crippen LogP contribution in [0.3, 0.4) is 0 Å². The predicted octanol–water partition coefficient (Wildman–Crippen LogP) is 2.96. The van der Waals surface area contributed by atoms with Crippen molar-refractivity contribution < 1.29 is 0 Å². The highest BCUT2D eigenvalue weighted by Gasteiger charge is 2.31. The number of pyridine rings is 1. The van der Waals surface area contributed by atoms with Crippen LogP contribution in [0.4, 0.5) is 5.69 Å². The first-order valence-corrected chi connectivity index (χ1v) is 7.05.